The van der Waals surface area contributed by atoms with E-state index in [9.17, 15) is 0 Å². The third kappa shape index (κ3) is 1.28. The van der Waals surface area contributed by atoms with Crippen LogP contribution in [0.1, 0.15) is 8.35 Å². The van der Waals surface area contributed by atoms with Crippen LogP contribution in [-0.2, 0) is 0 Å². The van der Waals surface area contributed by atoms with Gasteiger partial charge in [0.15, 0.2) is 5.84 Å². The summed E-state index contributed by atoms with van der Waals surface area (Å²) in [5.74, 6) is 0.921. The van der Waals surface area contributed by atoms with E-state index >= 15 is 0 Å². The lowest BCUT2D eigenvalue weighted by atomic mass is 10.6. The summed E-state index contributed by atoms with van der Waals surface area (Å²) in [6, 6.07) is 0. The number of amidine groups is 1. The first-order valence-corrected chi connectivity index (χ1v) is 2.53. The predicted octanol–water partition coefficient (Wildman–Crippen LogP) is -1.89. The Kier molecular flexibility index (Phi) is 1.56. The van der Waals surface area contributed by atoms with Gasteiger partial charge in [0.1, 0.15) is 6.54 Å². The van der Waals surface area contributed by atoms with E-state index in [1.807, 2.05) is 14.0 Å². The van der Waals surface area contributed by atoms with Crippen LogP contribution in [0.2, 0.25) is 1.41 Å². The van der Waals surface area contributed by atoms with Crippen molar-refractivity contribution in [2.75, 3.05) is 20.1 Å². The van der Waals surface area contributed by atoms with Gasteiger partial charge in [-0.2, -0.15) is 0 Å². The lowest BCUT2D eigenvalue weighted by molar-refractivity contribution is -0.774. The average Bonchev–Trinajstić information content (AvgIpc) is 2.17. The van der Waals surface area contributed by atoms with E-state index in [2.05, 4.69) is 4.99 Å². The molecule has 1 aliphatic heterocycles. The second-order valence-corrected chi connectivity index (χ2v) is 1.85. The molecule has 0 aromatic carbocycles. The van der Waals surface area contributed by atoms with E-state index in [4.69, 9.17) is 8.32 Å². The molecule has 0 fully saturated rings. The van der Waals surface area contributed by atoms with Crippen LogP contribution >= 0.6 is 0 Å². The van der Waals surface area contributed by atoms with Crippen molar-refractivity contribution in [1.82, 2.24) is 0 Å². The molecule has 1 atom stereocenters. The summed E-state index contributed by atoms with van der Waals surface area (Å²) in [5, 5.41) is 0. The van der Waals surface area contributed by atoms with Crippen LogP contribution in [0.5, 0.6) is 0 Å². The van der Waals surface area contributed by atoms with E-state index in [0.29, 0.717) is 0 Å². The SMILES string of the molecule is [3H]O.[3H][N+]1(C)CCN=C1C. The molecule has 0 bridgehead atoms. The largest absolute Gasteiger partial charge is 0.412 e. The molecule has 0 saturated heterocycles. The van der Waals surface area contributed by atoms with Crippen LogP contribution in [0, 0.1) is 0 Å². The number of likely N-dealkylation sites (N-methyl/N-ethyl adjacent to an activating group) is 1. The molecule has 3 N–H and O–H groups in total. The quantitative estimate of drug-likeness (QED) is 0.389. The first-order valence-electron chi connectivity index (χ1n) is 3.42. The van der Waals surface area contributed by atoms with Crippen molar-refractivity contribution in [2.45, 2.75) is 6.92 Å². The molecule has 1 rings (SSSR count). The Balaban J connectivity index is 0.000000371. The molecule has 3 nitrogen and oxygen atoms in total. The molecule has 1 heterocycles. The molecule has 0 aromatic heterocycles. The van der Waals surface area contributed by atoms with Gasteiger partial charge in [-0.3, -0.25) is 4.89 Å². The second kappa shape index (κ2) is 2.79. The molecule has 0 saturated carbocycles. The van der Waals surface area contributed by atoms with Crippen molar-refractivity contribution in [3.8, 4) is 0 Å². The standard InChI is InChI=1S/C5H10N2.H2O/c1-5-6-3-4-7(5)2;/h3-4H2,1-2H3;1H2/p+1/i/hT2. The van der Waals surface area contributed by atoms with Gasteiger partial charge in [0.2, 0.25) is 1.43 Å². The summed E-state index contributed by atoms with van der Waals surface area (Å²) < 4.78 is 12.2. The highest BCUT2D eigenvalue weighted by atomic mass is 16.0. The summed E-state index contributed by atoms with van der Waals surface area (Å²) in [6.45, 7) is 3.57. The van der Waals surface area contributed by atoms with Crippen molar-refractivity contribution in [3.63, 3.8) is 0 Å². The van der Waals surface area contributed by atoms with Crippen molar-refractivity contribution < 1.29 is 13.2 Å². The van der Waals surface area contributed by atoms with Gasteiger partial charge in [0.25, 0.3) is 0 Å². The summed E-state index contributed by atoms with van der Waals surface area (Å²) in [6.07, 6.45) is 0. The van der Waals surface area contributed by atoms with Gasteiger partial charge in [-0.1, -0.05) is 0 Å². The van der Waals surface area contributed by atoms with Crippen LogP contribution < -0.4 is 4.89 Å². The number of nitrogens with one attached hydrogen (secondary N) is 1. The van der Waals surface area contributed by atoms with Crippen molar-refractivity contribution in [1.29, 1.82) is 0 Å². The Morgan fingerprint density at radius 1 is 2.00 bits per heavy atom. The molecule has 1 unspecified atom stereocenters. The van der Waals surface area contributed by atoms with Gasteiger partial charge in [-0.05, 0) is 0 Å². The number of aliphatic imine (C=N–C) groups is 1. The molecule has 1 aliphatic rings. The Hall–Kier alpha value is -0.410. The minimum absolute atomic E-state index is 0.236. The second-order valence-electron chi connectivity index (χ2n) is 1.85. The molecule has 0 radical (unpaired) electrons. The first-order chi connectivity index (χ1) is 4.63. The summed E-state index contributed by atoms with van der Waals surface area (Å²) in [4.78, 5) is 4.33. The fraction of sp³-hybridized carbons (Fsp3) is 0.800. The van der Waals surface area contributed by atoms with Crippen molar-refractivity contribution in [2.24, 2.45) is 4.99 Å². The Bertz CT molecular complexity index is 136. The minimum Gasteiger partial charge on any atom is -0.412 e. The topological polar surface area (TPSA) is 48.3 Å². The van der Waals surface area contributed by atoms with E-state index in [1.165, 1.54) is 0 Å². The summed E-state index contributed by atoms with van der Waals surface area (Å²) >= 11 is 0. The van der Waals surface area contributed by atoms with Gasteiger partial charge in [0.05, 0.1) is 13.6 Å². The van der Waals surface area contributed by atoms with Gasteiger partial charge in [-0.25, -0.2) is 4.99 Å². The van der Waals surface area contributed by atoms with Gasteiger partial charge in [-0.15, -0.1) is 0 Å². The molecule has 0 aliphatic carbocycles. The maximum absolute atomic E-state index is 7.50. The van der Waals surface area contributed by atoms with E-state index in [-0.39, 0.29) is 4.89 Å². The highest BCUT2D eigenvalue weighted by Gasteiger charge is 2.10. The zero-order chi connectivity index (χ0) is 8.20. The molecule has 0 aromatic rings. The molecule has 3 heteroatoms. The molecule has 0 amide bonds. The smallest absolute Gasteiger partial charge is 0.355 e. The third-order valence-electron chi connectivity index (χ3n) is 1.33. The molecular formula is C5H13N2O+. The van der Waals surface area contributed by atoms with Crippen molar-refractivity contribution >= 4 is 5.84 Å². The number of hydrogen-bond donors (Lipinski definition) is 1. The highest BCUT2D eigenvalue weighted by molar-refractivity contribution is 5.71. The van der Waals surface area contributed by atoms with E-state index in [0.717, 1.165) is 18.9 Å². The van der Waals surface area contributed by atoms with Gasteiger partial charge in [0, 0.05) is 6.92 Å². The number of rotatable bonds is 0. The molecular weight excluding hydrogens is 104 g/mol. The molecule has 8 heavy (non-hydrogen) atoms. The Morgan fingerprint density at radius 2 is 2.62 bits per heavy atom. The molecule has 0 spiro atoms. The van der Waals surface area contributed by atoms with E-state index < -0.39 is 0 Å². The van der Waals surface area contributed by atoms with Gasteiger partial charge < -0.3 is 5.48 Å². The highest BCUT2D eigenvalue weighted by Crippen LogP contribution is 1.72. The monoisotopic (exact) mass is 121 g/mol. The van der Waals surface area contributed by atoms with Crippen LogP contribution in [0.4, 0.5) is 0 Å². The summed E-state index contributed by atoms with van der Waals surface area (Å²) in [7, 11) is 1.85. The zero-order valence-electron chi connectivity index (χ0n) is 7.26. The van der Waals surface area contributed by atoms with Crippen LogP contribution in [0.3, 0.4) is 0 Å². The van der Waals surface area contributed by atoms with Crippen LogP contribution in [-0.4, -0.2) is 31.5 Å². The summed E-state index contributed by atoms with van der Waals surface area (Å²) in [5.41, 5.74) is 6.25. The van der Waals surface area contributed by atoms with Crippen LogP contribution in [0.25, 0.3) is 0 Å². The van der Waals surface area contributed by atoms with Crippen LogP contribution in [0.15, 0.2) is 4.99 Å². The zero-order valence-corrected chi connectivity index (χ0v) is 5.26. The number of nitrogens with zero attached hydrogens (tertiary/aromatic N) is 1. The lowest BCUT2D eigenvalue weighted by Gasteiger charge is -2.00. The maximum Gasteiger partial charge on any atom is 0.355 e. The maximum atomic E-state index is 7.50. The lowest BCUT2D eigenvalue weighted by Crippen LogP contribution is -3.09. The number of quaternary nitrogens is 1. The first kappa shape index (κ1) is 4.47. The van der Waals surface area contributed by atoms with Gasteiger partial charge >= 0.3 is 1.41 Å². The Labute approximate surface area is 52.3 Å². The fourth-order valence-electron chi connectivity index (χ4n) is 0.644. The Morgan fingerprint density at radius 3 is 2.75 bits per heavy atom. The average molecular weight is 121 g/mol. The normalized spacial score (nSPS) is 38.6. The number of hydrogen-bond acceptors (Lipinski definition) is 1. The predicted molar refractivity (Wildman–Crippen MR) is 33.3 cm³/mol. The molecule has 48 valence electrons. The third-order valence-corrected chi connectivity index (χ3v) is 1.33. The fourth-order valence-corrected chi connectivity index (χ4v) is 0.644. The minimum atomic E-state index is 0.236. The van der Waals surface area contributed by atoms with E-state index in [1.54, 1.807) is 0 Å². The van der Waals surface area contributed by atoms with Crippen molar-refractivity contribution in [3.05, 3.63) is 0 Å².